The number of fused-ring (bicyclic) bond motifs is 1. The van der Waals surface area contributed by atoms with Crippen LogP contribution in [0.25, 0.3) is 0 Å². The highest BCUT2D eigenvalue weighted by atomic mass is 15.3. The van der Waals surface area contributed by atoms with Crippen LogP contribution >= 0.6 is 0 Å². The molecular formula is C23H43N3. The summed E-state index contributed by atoms with van der Waals surface area (Å²) in [6, 6.07) is 1.75. The Hall–Kier alpha value is -0.120. The van der Waals surface area contributed by atoms with Crippen LogP contribution in [0.4, 0.5) is 0 Å². The van der Waals surface area contributed by atoms with Crippen LogP contribution < -0.4 is 0 Å². The van der Waals surface area contributed by atoms with E-state index in [1.165, 1.54) is 65.0 Å². The lowest BCUT2D eigenvalue weighted by atomic mass is 9.75. The number of likely N-dealkylation sites (tertiary alicyclic amines) is 3. The van der Waals surface area contributed by atoms with Crippen molar-refractivity contribution in [3.63, 3.8) is 0 Å². The predicted octanol–water partition coefficient (Wildman–Crippen LogP) is 3.94. The van der Waals surface area contributed by atoms with Crippen molar-refractivity contribution < 1.29 is 0 Å². The molecule has 4 aliphatic rings. The van der Waals surface area contributed by atoms with Crippen LogP contribution in [0.5, 0.6) is 0 Å². The third-order valence-corrected chi connectivity index (χ3v) is 8.35. The first kappa shape index (κ1) is 19.2. The molecule has 3 heteroatoms. The fraction of sp³-hybridized carbons (Fsp3) is 1.00. The highest BCUT2D eigenvalue weighted by molar-refractivity contribution is 5.02. The van der Waals surface area contributed by atoms with Gasteiger partial charge in [-0.1, -0.05) is 20.8 Å². The van der Waals surface area contributed by atoms with Gasteiger partial charge in [0.15, 0.2) is 0 Å². The molecule has 150 valence electrons. The molecule has 1 aliphatic carbocycles. The molecule has 2 unspecified atom stereocenters. The Morgan fingerprint density at radius 1 is 0.654 bits per heavy atom. The zero-order chi connectivity index (χ0) is 18.7. The van der Waals surface area contributed by atoms with Crippen molar-refractivity contribution in [2.24, 2.45) is 23.2 Å². The van der Waals surface area contributed by atoms with Crippen LogP contribution in [-0.4, -0.2) is 71.6 Å². The van der Waals surface area contributed by atoms with Crippen molar-refractivity contribution in [3.8, 4) is 0 Å². The summed E-state index contributed by atoms with van der Waals surface area (Å²) in [6.07, 6.45) is 5.81. The van der Waals surface area contributed by atoms with Crippen LogP contribution in [0.3, 0.4) is 0 Å². The normalized spacial score (nSPS) is 36.5. The quantitative estimate of drug-likeness (QED) is 0.738. The highest BCUT2D eigenvalue weighted by Gasteiger charge is 2.47. The predicted molar refractivity (Wildman–Crippen MR) is 110 cm³/mol. The Morgan fingerprint density at radius 3 is 1.65 bits per heavy atom. The molecule has 4 fully saturated rings. The minimum atomic E-state index is 0.358. The molecule has 0 aromatic carbocycles. The summed E-state index contributed by atoms with van der Waals surface area (Å²) in [4.78, 5) is 8.36. The van der Waals surface area contributed by atoms with Crippen molar-refractivity contribution in [2.75, 3.05) is 39.3 Å². The Kier molecular flexibility index (Phi) is 4.98. The third-order valence-electron chi connectivity index (χ3n) is 8.35. The molecule has 0 bridgehead atoms. The van der Waals surface area contributed by atoms with Crippen molar-refractivity contribution in [2.45, 2.75) is 84.8 Å². The average Bonchev–Trinajstić information content (AvgIpc) is 3.02. The second kappa shape index (κ2) is 6.74. The molecule has 0 N–H and O–H groups in total. The van der Waals surface area contributed by atoms with E-state index in [9.17, 15) is 0 Å². The second-order valence-electron chi connectivity index (χ2n) is 12.0. The van der Waals surface area contributed by atoms with E-state index in [4.69, 9.17) is 0 Å². The van der Waals surface area contributed by atoms with E-state index in [0.29, 0.717) is 11.0 Å². The summed E-state index contributed by atoms with van der Waals surface area (Å²) in [5.41, 5.74) is 0.860. The number of hydrogen-bond acceptors (Lipinski definition) is 3. The molecule has 1 saturated carbocycles. The zero-order valence-corrected chi connectivity index (χ0v) is 18.3. The molecule has 3 saturated heterocycles. The van der Waals surface area contributed by atoms with Gasteiger partial charge in [-0.25, -0.2) is 0 Å². The van der Waals surface area contributed by atoms with Crippen LogP contribution in [0.2, 0.25) is 0 Å². The maximum atomic E-state index is 2.87. The smallest absolute Gasteiger partial charge is 0.0351 e. The Labute approximate surface area is 162 Å². The number of piperidine rings is 1. The lowest BCUT2D eigenvalue weighted by Gasteiger charge is -2.51. The number of hydrogen-bond donors (Lipinski definition) is 0. The van der Waals surface area contributed by atoms with E-state index >= 15 is 0 Å². The van der Waals surface area contributed by atoms with E-state index in [1.54, 1.807) is 0 Å². The molecule has 4 rings (SSSR count). The molecule has 0 aromatic heterocycles. The first-order chi connectivity index (χ1) is 12.1. The van der Waals surface area contributed by atoms with E-state index in [-0.39, 0.29) is 0 Å². The van der Waals surface area contributed by atoms with Gasteiger partial charge in [0.05, 0.1) is 0 Å². The minimum Gasteiger partial charge on any atom is -0.300 e. The van der Waals surface area contributed by atoms with Gasteiger partial charge < -0.3 is 4.90 Å². The molecule has 0 amide bonds. The molecule has 2 atom stereocenters. The van der Waals surface area contributed by atoms with Gasteiger partial charge in [-0.2, -0.15) is 0 Å². The molecule has 3 nitrogen and oxygen atoms in total. The van der Waals surface area contributed by atoms with Crippen LogP contribution in [0.15, 0.2) is 0 Å². The monoisotopic (exact) mass is 361 g/mol. The second-order valence-corrected chi connectivity index (χ2v) is 12.0. The van der Waals surface area contributed by atoms with E-state index in [1.807, 2.05) is 0 Å². The van der Waals surface area contributed by atoms with Crippen molar-refractivity contribution in [1.29, 1.82) is 0 Å². The zero-order valence-electron chi connectivity index (χ0n) is 18.3. The summed E-state index contributed by atoms with van der Waals surface area (Å²) < 4.78 is 0. The van der Waals surface area contributed by atoms with Gasteiger partial charge in [0, 0.05) is 43.8 Å². The first-order valence-corrected chi connectivity index (χ1v) is 11.3. The lowest BCUT2D eigenvalue weighted by Crippen LogP contribution is -2.64. The highest BCUT2D eigenvalue weighted by Crippen LogP contribution is 2.43. The van der Waals surface area contributed by atoms with E-state index < -0.39 is 0 Å². The van der Waals surface area contributed by atoms with Crippen LogP contribution in [0.1, 0.15) is 67.2 Å². The van der Waals surface area contributed by atoms with Crippen molar-refractivity contribution >= 4 is 0 Å². The molecule has 0 aromatic rings. The van der Waals surface area contributed by atoms with E-state index in [0.717, 1.165) is 29.8 Å². The van der Waals surface area contributed by atoms with Crippen molar-refractivity contribution in [3.05, 3.63) is 0 Å². The lowest BCUT2D eigenvalue weighted by molar-refractivity contribution is -0.0174. The minimum absolute atomic E-state index is 0.358. The maximum absolute atomic E-state index is 2.87. The third kappa shape index (κ3) is 3.73. The van der Waals surface area contributed by atoms with Gasteiger partial charge in [0.1, 0.15) is 0 Å². The largest absolute Gasteiger partial charge is 0.300 e. The Balaban J connectivity index is 1.23. The molecule has 3 aliphatic heterocycles. The molecule has 0 radical (unpaired) electrons. The maximum Gasteiger partial charge on any atom is 0.0351 e. The van der Waals surface area contributed by atoms with Gasteiger partial charge in [0.2, 0.25) is 0 Å². The summed E-state index contributed by atoms with van der Waals surface area (Å²) >= 11 is 0. The van der Waals surface area contributed by atoms with Crippen molar-refractivity contribution in [1.82, 2.24) is 14.7 Å². The van der Waals surface area contributed by atoms with Crippen LogP contribution in [0, 0.1) is 23.2 Å². The van der Waals surface area contributed by atoms with Gasteiger partial charge in [0.25, 0.3) is 0 Å². The number of nitrogens with zero attached hydrogens (tertiary/aromatic N) is 3. The van der Waals surface area contributed by atoms with Gasteiger partial charge >= 0.3 is 0 Å². The summed E-state index contributed by atoms with van der Waals surface area (Å²) in [5, 5.41) is 0. The molecule has 0 spiro atoms. The fourth-order valence-electron chi connectivity index (χ4n) is 6.27. The summed E-state index contributed by atoms with van der Waals surface area (Å²) in [7, 11) is 0. The molecular weight excluding hydrogens is 318 g/mol. The average molecular weight is 362 g/mol. The standard InChI is InChI=1S/C23H43N3/c1-22(2,3)19-7-9-24(10-8-19)20-11-17-13-25(14-18(17)12-20)21-15-26(16-21)23(4,5)6/h17-21H,7-16H2,1-6H3. The SMILES string of the molecule is CC(C)(C)C1CCN(C2CC3CN(C4CN(C(C)(C)C)C4)CC3C2)CC1. The Bertz CT molecular complexity index is 475. The summed E-state index contributed by atoms with van der Waals surface area (Å²) in [5.74, 6) is 2.91. The summed E-state index contributed by atoms with van der Waals surface area (Å²) in [6.45, 7) is 22.5. The van der Waals surface area contributed by atoms with E-state index in [2.05, 4.69) is 56.2 Å². The molecule has 3 heterocycles. The van der Waals surface area contributed by atoms with Gasteiger partial charge in [-0.05, 0) is 82.7 Å². The topological polar surface area (TPSA) is 9.72 Å². The van der Waals surface area contributed by atoms with Gasteiger partial charge in [-0.3, -0.25) is 9.80 Å². The van der Waals surface area contributed by atoms with Crippen LogP contribution in [-0.2, 0) is 0 Å². The molecule has 26 heavy (non-hydrogen) atoms. The Morgan fingerprint density at radius 2 is 1.19 bits per heavy atom. The number of rotatable bonds is 2. The fourth-order valence-corrected chi connectivity index (χ4v) is 6.27. The first-order valence-electron chi connectivity index (χ1n) is 11.3. The van der Waals surface area contributed by atoms with Gasteiger partial charge in [-0.15, -0.1) is 0 Å².